The van der Waals surface area contributed by atoms with Crippen molar-refractivity contribution in [3.05, 3.63) is 24.3 Å². The molecule has 2 rings (SSSR count). The summed E-state index contributed by atoms with van der Waals surface area (Å²) in [4.78, 5) is 11.0. The molecule has 1 aromatic carbocycles. The number of methoxy groups -OCH3 is 1. The molecule has 0 saturated carbocycles. The molecule has 1 fully saturated rings. The van der Waals surface area contributed by atoms with Crippen molar-refractivity contribution in [2.45, 2.75) is 45.2 Å². The van der Waals surface area contributed by atoms with E-state index in [0.717, 1.165) is 17.9 Å². The fourth-order valence-corrected chi connectivity index (χ4v) is 2.19. The number of carbonyl (C=O) groups is 1. The third-order valence-electron chi connectivity index (χ3n) is 3.22. The third-order valence-corrected chi connectivity index (χ3v) is 3.22. The molecule has 0 aromatic heterocycles. The number of ether oxygens (including phenoxy) is 4. The zero-order valence-electron chi connectivity index (χ0n) is 12.0. The lowest BCUT2D eigenvalue weighted by Gasteiger charge is -2.33. The SMILES string of the molecule is COc1ccc(O[C@@H]2CC[C@H](OC(C)=O)[C@@H](C)O2)cc1. The van der Waals surface area contributed by atoms with Gasteiger partial charge in [0.05, 0.1) is 13.2 Å². The van der Waals surface area contributed by atoms with E-state index in [-0.39, 0.29) is 24.5 Å². The van der Waals surface area contributed by atoms with Crippen molar-refractivity contribution in [3.63, 3.8) is 0 Å². The van der Waals surface area contributed by atoms with Gasteiger partial charge in [-0.15, -0.1) is 0 Å². The van der Waals surface area contributed by atoms with Crippen LogP contribution < -0.4 is 9.47 Å². The lowest BCUT2D eigenvalue weighted by molar-refractivity contribution is -0.196. The summed E-state index contributed by atoms with van der Waals surface area (Å²) in [6.07, 6.45) is 0.750. The van der Waals surface area contributed by atoms with Crippen molar-refractivity contribution >= 4 is 5.97 Å². The van der Waals surface area contributed by atoms with Crippen LogP contribution in [0.3, 0.4) is 0 Å². The quantitative estimate of drug-likeness (QED) is 0.793. The average Bonchev–Trinajstić information content (AvgIpc) is 2.42. The van der Waals surface area contributed by atoms with Gasteiger partial charge >= 0.3 is 5.97 Å². The Hall–Kier alpha value is -1.75. The second-order valence-corrected chi connectivity index (χ2v) is 4.79. The average molecular weight is 280 g/mol. The summed E-state index contributed by atoms with van der Waals surface area (Å²) in [6.45, 7) is 3.30. The molecule has 1 aromatic rings. The maximum absolute atomic E-state index is 11.0. The minimum Gasteiger partial charge on any atom is -0.497 e. The molecule has 5 heteroatoms. The highest BCUT2D eigenvalue weighted by atomic mass is 16.7. The van der Waals surface area contributed by atoms with Gasteiger partial charge in [0.15, 0.2) is 6.29 Å². The van der Waals surface area contributed by atoms with Crippen LogP contribution in [0.5, 0.6) is 11.5 Å². The highest BCUT2D eigenvalue weighted by Gasteiger charge is 2.31. The first-order valence-corrected chi connectivity index (χ1v) is 6.72. The van der Waals surface area contributed by atoms with Crippen molar-refractivity contribution in [2.75, 3.05) is 7.11 Å². The van der Waals surface area contributed by atoms with Gasteiger partial charge in [-0.3, -0.25) is 4.79 Å². The molecular weight excluding hydrogens is 260 g/mol. The van der Waals surface area contributed by atoms with E-state index in [1.165, 1.54) is 6.92 Å². The lowest BCUT2D eigenvalue weighted by Crippen LogP contribution is -2.41. The van der Waals surface area contributed by atoms with Crippen LogP contribution in [0, 0.1) is 0 Å². The summed E-state index contributed by atoms with van der Waals surface area (Å²) in [5.74, 6) is 1.24. The molecular formula is C15H20O5. The van der Waals surface area contributed by atoms with E-state index in [1.807, 2.05) is 31.2 Å². The number of esters is 1. The van der Waals surface area contributed by atoms with Gasteiger partial charge in [-0.25, -0.2) is 0 Å². The third kappa shape index (κ3) is 3.87. The first-order chi connectivity index (χ1) is 9.58. The van der Waals surface area contributed by atoms with Crippen LogP contribution >= 0.6 is 0 Å². The fraction of sp³-hybridized carbons (Fsp3) is 0.533. The number of hydrogen-bond acceptors (Lipinski definition) is 5. The first kappa shape index (κ1) is 14.7. The minimum atomic E-state index is -0.315. The minimum absolute atomic E-state index is 0.170. The highest BCUT2D eigenvalue weighted by molar-refractivity contribution is 5.66. The molecule has 0 N–H and O–H groups in total. The molecule has 0 radical (unpaired) electrons. The number of rotatable bonds is 4. The molecule has 0 spiro atoms. The first-order valence-electron chi connectivity index (χ1n) is 6.72. The largest absolute Gasteiger partial charge is 0.497 e. The molecule has 0 unspecified atom stereocenters. The second-order valence-electron chi connectivity index (χ2n) is 4.79. The maximum atomic E-state index is 11.0. The molecule has 1 aliphatic rings. The summed E-state index contributed by atoms with van der Waals surface area (Å²) < 4.78 is 21.8. The molecule has 1 aliphatic heterocycles. The molecule has 20 heavy (non-hydrogen) atoms. The normalized spacial score (nSPS) is 25.9. The summed E-state index contributed by atoms with van der Waals surface area (Å²) in [5.41, 5.74) is 0. The summed E-state index contributed by atoms with van der Waals surface area (Å²) in [7, 11) is 1.62. The van der Waals surface area contributed by atoms with Crippen molar-refractivity contribution in [1.29, 1.82) is 0 Å². The van der Waals surface area contributed by atoms with Crippen LogP contribution in [-0.2, 0) is 14.3 Å². The molecule has 1 heterocycles. The molecule has 1 saturated heterocycles. The molecule has 0 bridgehead atoms. The Morgan fingerprint density at radius 3 is 2.40 bits per heavy atom. The van der Waals surface area contributed by atoms with E-state index in [0.29, 0.717) is 6.42 Å². The van der Waals surface area contributed by atoms with Gasteiger partial charge in [0.1, 0.15) is 17.6 Å². The van der Waals surface area contributed by atoms with E-state index >= 15 is 0 Å². The zero-order chi connectivity index (χ0) is 14.5. The van der Waals surface area contributed by atoms with Crippen LogP contribution in [0.2, 0.25) is 0 Å². The summed E-state index contributed by atoms with van der Waals surface area (Å²) >= 11 is 0. The number of benzene rings is 1. The standard InChI is InChI=1S/C15H20O5/c1-10-14(19-11(2)16)8-9-15(18-10)20-13-6-4-12(17-3)5-7-13/h4-7,10,14-15H,8-9H2,1-3H3/t10-,14+,15-/m1/s1. The summed E-state index contributed by atoms with van der Waals surface area (Å²) in [6, 6.07) is 7.35. The maximum Gasteiger partial charge on any atom is 0.302 e. The monoisotopic (exact) mass is 280 g/mol. The van der Waals surface area contributed by atoms with E-state index in [1.54, 1.807) is 7.11 Å². The Morgan fingerprint density at radius 2 is 1.85 bits per heavy atom. The van der Waals surface area contributed by atoms with E-state index in [2.05, 4.69) is 0 Å². The predicted octanol–water partition coefficient (Wildman–Crippen LogP) is 2.53. The molecule has 3 atom stereocenters. The van der Waals surface area contributed by atoms with Gasteiger partial charge in [-0.05, 0) is 37.6 Å². The fourth-order valence-electron chi connectivity index (χ4n) is 2.19. The van der Waals surface area contributed by atoms with E-state index < -0.39 is 0 Å². The topological polar surface area (TPSA) is 54.0 Å². The van der Waals surface area contributed by atoms with Gasteiger partial charge in [0, 0.05) is 13.3 Å². The predicted molar refractivity (Wildman–Crippen MR) is 72.7 cm³/mol. The van der Waals surface area contributed by atoms with Crippen LogP contribution in [0.4, 0.5) is 0 Å². The summed E-state index contributed by atoms with van der Waals surface area (Å²) in [5, 5.41) is 0. The van der Waals surface area contributed by atoms with Gasteiger partial charge in [-0.2, -0.15) is 0 Å². The lowest BCUT2D eigenvalue weighted by atomic mass is 10.1. The number of carbonyl (C=O) groups excluding carboxylic acids is 1. The van der Waals surface area contributed by atoms with Gasteiger partial charge in [0.25, 0.3) is 0 Å². The number of hydrogen-bond donors (Lipinski definition) is 0. The van der Waals surface area contributed by atoms with Gasteiger partial charge in [0.2, 0.25) is 0 Å². The second kappa shape index (κ2) is 6.61. The molecule has 5 nitrogen and oxygen atoms in total. The van der Waals surface area contributed by atoms with E-state index in [4.69, 9.17) is 18.9 Å². The van der Waals surface area contributed by atoms with Crippen LogP contribution in [-0.4, -0.2) is 31.6 Å². The molecule has 0 amide bonds. The van der Waals surface area contributed by atoms with Crippen molar-refractivity contribution < 1.29 is 23.7 Å². The Balaban J connectivity index is 1.87. The Morgan fingerprint density at radius 1 is 1.20 bits per heavy atom. The zero-order valence-corrected chi connectivity index (χ0v) is 12.0. The van der Waals surface area contributed by atoms with Crippen LogP contribution in [0.1, 0.15) is 26.7 Å². The Kier molecular flexibility index (Phi) is 4.84. The van der Waals surface area contributed by atoms with Crippen LogP contribution in [0.25, 0.3) is 0 Å². The molecule has 110 valence electrons. The van der Waals surface area contributed by atoms with Crippen molar-refractivity contribution in [1.82, 2.24) is 0 Å². The van der Waals surface area contributed by atoms with Gasteiger partial charge < -0.3 is 18.9 Å². The molecule has 0 aliphatic carbocycles. The Bertz CT molecular complexity index is 442. The van der Waals surface area contributed by atoms with Crippen LogP contribution in [0.15, 0.2) is 24.3 Å². The van der Waals surface area contributed by atoms with E-state index in [9.17, 15) is 4.79 Å². The Labute approximate surface area is 118 Å². The van der Waals surface area contributed by atoms with Crippen molar-refractivity contribution in [3.8, 4) is 11.5 Å². The van der Waals surface area contributed by atoms with Crippen molar-refractivity contribution in [2.24, 2.45) is 0 Å². The van der Waals surface area contributed by atoms with Gasteiger partial charge in [-0.1, -0.05) is 0 Å². The highest BCUT2D eigenvalue weighted by Crippen LogP contribution is 2.25. The smallest absolute Gasteiger partial charge is 0.302 e.